The highest BCUT2D eigenvalue weighted by atomic mass is 32.2. The first-order chi connectivity index (χ1) is 13.2. The summed E-state index contributed by atoms with van der Waals surface area (Å²) < 4.78 is 33.1. The van der Waals surface area contributed by atoms with Gasteiger partial charge in [-0.05, 0) is 24.3 Å². The van der Waals surface area contributed by atoms with Crippen molar-refractivity contribution in [1.29, 1.82) is 0 Å². The SMILES string of the molecule is O=S(=O)(c1cccnc1N1CCN(c2ccccc2)CC1)N1CCOCC1. The molecule has 0 spiro atoms. The van der Waals surface area contributed by atoms with Gasteiger partial charge in [-0.25, -0.2) is 13.4 Å². The van der Waals surface area contributed by atoms with Gasteiger partial charge >= 0.3 is 0 Å². The molecule has 2 aliphatic rings. The molecule has 0 bridgehead atoms. The molecule has 2 aromatic rings. The number of nitrogens with zero attached hydrogens (tertiary/aromatic N) is 4. The average molecular weight is 388 g/mol. The molecule has 8 heteroatoms. The highest BCUT2D eigenvalue weighted by molar-refractivity contribution is 7.89. The van der Waals surface area contributed by atoms with Crippen molar-refractivity contribution >= 4 is 21.5 Å². The first kappa shape index (κ1) is 18.2. The molecule has 0 aliphatic carbocycles. The first-order valence-corrected chi connectivity index (χ1v) is 10.7. The molecule has 144 valence electrons. The molecule has 0 N–H and O–H groups in total. The molecule has 1 aromatic heterocycles. The van der Waals surface area contributed by atoms with E-state index >= 15 is 0 Å². The van der Waals surface area contributed by atoms with Crippen molar-refractivity contribution in [3.05, 3.63) is 48.7 Å². The Labute approximate surface area is 160 Å². The second-order valence-corrected chi connectivity index (χ2v) is 8.56. The van der Waals surface area contributed by atoms with Gasteiger partial charge in [0.25, 0.3) is 0 Å². The minimum Gasteiger partial charge on any atom is -0.379 e. The van der Waals surface area contributed by atoms with Gasteiger partial charge in [-0.15, -0.1) is 0 Å². The highest BCUT2D eigenvalue weighted by Crippen LogP contribution is 2.27. The molecule has 7 nitrogen and oxygen atoms in total. The van der Waals surface area contributed by atoms with Crippen molar-refractivity contribution in [2.45, 2.75) is 4.90 Å². The summed E-state index contributed by atoms with van der Waals surface area (Å²) in [6, 6.07) is 13.6. The van der Waals surface area contributed by atoms with Gasteiger partial charge in [0.05, 0.1) is 13.2 Å². The number of aromatic nitrogens is 1. The fourth-order valence-electron chi connectivity index (χ4n) is 3.56. The zero-order chi connectivity index (χ0) is 18.7. The lowest BCUT2D eigenvalue weighted by Gasteiger charge is -2.37. The third-order valence-electron chi connectivity index (χ3n) is 5.04. The van der Waals surface area contributed by atoms with E-state index in [9.17, 15) is 8.42 Å². The zero-order valence-corrected chi connectivity index (χ0v) is 16.0. The Morgan fingerprint density at radius 2 is 1.48 bits per heavy atom. The lowest BCUT2D eigenvalue weighted by atomic mass is 10.2. The normalized spacial score (nSPS) is 19.3. The summed E-state index contributed by atoms with van der Waals surface area (Å²) in [4.78, 5) is 9.11. The Balaban J connectivity index is 1.54. The molecule has 0 saturated carbocycles. The van der Waals surface area contributed by atoms with E-state index in [2.05, 4.69) is 26.9 Å². The Kier molecular flexibility index (Phi) is 5.29. The number of ether oxygens (including phenoxy) is 1. The van der Waals surface area contributed by atoms with Crippen LogP contribution >= 0.6 is 0 Å². The van der Waals surface area contributed by atoms with Crippen LogP contribution in [0.15, 0.2) is 53.6 Å². The number of para-hydroxylation sites is 1. The number of hydrogen-bond acceptors (Lipinski definition) is 6. The number of morpholine rings is 1. The van der Waals surface area contributed by atoms with E-state index in [1.165, 1.54) is 9.99 Å². The summed E-state index contributed by atoms with van der Waals surface area (Å²) in [7, 11) is -3.57. The van der Waals surface area contributed by atoms with Gasteiger partial charge in [0.1, 0.15) is 10.7 Å². The molecule has 2 fully saturated rings. The summed E-state index contributed by atoms with van der Waals surface area (Å²) in [5.74, 6) is 0.553. The van der Waals surface area contributed by atoms with Gasteiger partial charge in [0.15, 0.2) is 0 Å². The van der Waals surface area contributed by atoms with Gasteiger partial charge in [-0.3, -0.25) is 0 Å². The summed E-state index contributed by atoms with van der Waals surface area (Å²) in [6.45, 7) is 4.77. The van der Waals surface area contributed by atoms with Crippen LogP contribution in [0, 0.1) is 0 Å². The molecule has 27 heavy (non-hydrogen) atoms. The van der Waals surface area contributed by atoms with E-state index in [-0.39, 0.29) is 0 Å². The number of rotatable bonds is 4. The van der Waals surface area contributed by atoms with Crippen LogP contribution in [0.1, 0.15) is 0 Å². The smallest absolute Gasteiger partial charge is 0.246 e. The average Bonchev–Trinajstić information content (AvgIpc) is 2.75. The Hall–Kier alpha value is -2.16. The van der Waals surface area contributed by atoms with Gasteiger partial charge < -0.3 is 14.5 Å². The number of piperazine rings is 1. The number of anilines is 2. The third-order valence-corrected chi connectivity index (χ3v) is 6.96. The molecule has 0 unspecified atom stereocenters. The van der Waals surface area contributed by atoms with Crippen LogP contribution in [0.25, 0.3) is 0 Å². The van der Waals surface area contributed by atoms with E-state index in [1.807, 2.05) is 18.2 Å². The van der Waals surface area contributed by atoms with Crippen LogP contribution in [0.4, 0.5) is 11.5 Å². The molecule has 4 rings (SSSR count). The fraction of sp³-hybridized carbons (Fsp3) is 0.421. The van der Waals surface area contributed by atoms with Crippen molar-refractivity contribution in [3.8, 4) is 0 Å². The van der Waals surface area contributed by atoms with Gasteiger partial charge in [-0.1, -0.05) is 18.2 Å². The molecular formula is C19H24N4O3S. The summed E-state index contributed by atoms with van der Waals surface area (Å²) in [5, 5.41) is 0. The number of pyridine rings is 1. The molecule has 0 atom stereocenters. The second-order valence-electron chi connectivity index (χ2n) is 6.65. The maximum absolute atomic E-state index is 13.1. The zero-order valence-electron chi connectivity index (χ0n) is 15.2. The van der Waals surface area contributed by atoms with Crippen LogP contribution in [0.3, 0.4) is 0 Å². The predicted molar refractivity (Wildman–Crippen MR) is 105 cm³/mol. The molecule has 0 amide bonds. The van der Waals surface area contributed by atoms with Gasteiger partial charge in [0, 0.05) is 51.2 Å². The minimum absolute atomic E-state index is 0.292. The third kappa shape index (κ3) is 3.78. The summed E-state index contributed by atoms with van der Waals surface area (Å²) >= 11 is 0. The number of benzene rings is 1. The van der Waals surface area contributed by atoms with Crippen LogP contribution in [0.5, 0.6) is 0 Å². The van der Waals surface area contributed by atoms with Crippen molar-refractivity contribution in [1.82, 2.24) is 9.29 Å². The monoisotopic (exact) mass is 388 g/mol. The van der Waals surface area contributed by atoms with E-state index in [0.717, 1.165) is 26.2 Å². The Morgan fingerprint density at radius 1 is 0.815 bits per heavy atom. The lowest BCUT2D eigenvalue weighted by molar-refractivity contribution is 0.0730. The Morgan fingerprint density at radius 3 is 2.19 bits per heavy atom. The minimum atomic E-state index is -3.57. The van der Waals surface area contributed by atoms with Gasteiger partial charge in [0.2, 0.25) is 10.0 Å². The largest absolute Gasteiger partial charge is 0.379 e. The Bertz CT molecular complexity index is 862. The quantitative estimate of drug-likeness (QED) is 0.790. The van der Waals surface area contributed by atoms with E-state index in [1.54, 1.807) is 18.3 Å². The molecule has 1 aromatic carbocycles. The van der Waals surface area contributed by atoms with Crippen LogP contribution in [-0.4, -0.2) is 70.2 Å². The van der Waals surface area contributed by atoms with Crippen LogP contribution in [0.2, 0.25) is 0 Å². The van der Waals surface area contributed by atoms with Crippen molar-refractivity contribution in [3.63, 3.8) is 0 Å². The van der Waals surface area contributed by atoms with Crippen molar-refractivity contribution in [2.24, 2.45) is 0 Å². The van der Waals surface area contributed by atoms with Crippen molar-refractivity contribution < 1.29 is 13.2 Å². The molecule has 0 radical (unpaired) electrons. The summed E-state index contributed by atoms with van der Waals surface area (Å²) in [5.41, 5.74) is 1.19. The second kappa shape index (κ2) is 7.84. The van der Waals surface area contributed by atoms with E-state index in [4.69, 9.17) is 4.74 Å². The van der Waals surface area contributed by atoms with Gasteiger partial charge in [-0.2, -0.15) is 4.31 Å². The van der Waals surface area contributed by atoms with Crippen molar-refractivity contribution in [2.75, 3.05) is 62.3 Å². The number of sulfonamides is 1. The first-order valence-electron chi connectivity index (χ1n) is 9.24. The van der Waals surface area contributed by atoms with E-state index < -0.39 is 10.0 Å². The van der Waals surface area contributed by atoms with E-state index in [0.29, 0.717) is 37.0 Å². The lowest BCUT2D eigenvalue weighted by Crippen LogP contribution is -2.47. The van der Waals surface area contributed by atoms with Crippen LogP contribution < -0.4 is 9.80 Å². The number of hydrogen-bond donors (Lipinski definition) is 0. The standard InChI is InChI=1S/C19H24N4O3S/c24-27(25,23-13-15-26-16-14-23)18-7-4-8-20-19(18)22-11-9-21(10-12-22)17-5-2-1-3-6-17/h1-8H,9-16H2. The predicted octanol–water partition coefficient (Wildman–Crippen LogP) is 1.43. The fourth-order valence-corrected chi connectivity index (χ4v) is 5.13. The molecule has 3 heterocycles. The molecular weight excluding hydrogens is 364 g/mol. The molecule has 2 aliphatic heterocycles. The topological polar surface area (TPSA) is 66.0 Å². The highest BCUT2D eigenvalue weighted by Gasteiger charge is 2.31. The summed E-state index contributed by atoms with van der Waals surface area (Å²) in [6.07, 6.45) is 1.66. The maximum atomic E-state index is 13.1. The van der Waals surface area contributed by atoms with Crippen LogP contribution in [-0.2, 0) is 14.8 Å². The maximum Gasteiger partial charge on any atom is 0.246 e. The molecule has 2 saturated heterocycles.